The number of hydrogen-bond acceptors (Lipinski definition) is 22. The van der Waals surface area contributed by atoms with E-state index in [1.807, 2.05) is 0 Å². The van der Waals surface area contributed by atoms with Gasteiger partial charge in [-0.05, 0) is 31.5 Å². The number of nitrogens with zero attached hydrogens (tertiary/aromatic N) is 3. The molecule has 0 unspecified atom stereocenters. The van der Waals surface area contributed by atoms with E-state index in [-0.39, 0.29) is 32.9 Å². The van der Waals surface area contributed by atoms with Gasteiger partial charge in [0.1, 0.15) is 18.8 Å². The number of hydrogen-bond donors (Lipinski definition) is 14. The number of likely N-dealkylation sites (N-methyl/N-ethyl adjacent to an activating group) is 1. The van der Waals surface area contributed by atoms with E-state index in [0.717, 1.165) is 37.3 Å². The minimum absolute atomic E-state index is 0.0182. The number of ether oxygens (including phenoxy) is 9. The van der Waals surface area contributed by atoms with Crippen molar-refractivity contribution in [2.24, 2.45) is 11.5 Å². The number of guanidine groups is 2. The number of aliphatic hydroxyl groups excluding tert-OH is 4. The summed E-state index contributed by atoms with van der Waals surface area (Å²) in [5.41, 5.74) is 11.0. The van der Waals surface area contributed by atoms with E-state index in [1.54, 1.807) is 0 Å². The van der Waals surface area contributed by atoms with E-state index in [0.29, 0.717) is 85.1 Å². The summed E-state index contributed by atoms with van der Waals surface area (Å²) in [6, 6.07) is -4.82. The number of rotatable bonds is 40. The molecule has 0 saturated carbocycles. The first kappa shape index (κ1) is 70.3. The van der Waals surface area contributed by atoms with Crippen molar-refractivity contribution < 1.29 is 102 Å². The molecular weight excluding hydrogens is 1080 g/mol. The van der Waals surface area contributed by atoms with Gasteiger partial charge in [-0.3, -0.25) is 25.3 Å². The second-order valence-corrected chi connectivity index (χ2v) is 18.5. The maximum atomic E-state index is 13.4. The average Bonchev–Trinajstić information content (AvgIpc) is 3.40. The third-order valence-corrected chi connectivity index (χ3v) is 12.0. The molecule has 0 aromatic carbocycles. The highest BCUT2D eigenvalue weighted by Gasteiger charge is 2.48. The molecule has 32 heteroatoms. The second-order valence-electron chi connectivity index (χ2n) is 18.5. The molecule has 2 heterocycles. The summed E-state index contributed by atoms with van der Waals surface area (Å²) in [4.78, 5) is 79.6. The van der Waals surface area contributed by atoms with Gasteiger partial charge in [0.15, 0.2) is 36.3 Å². The fraction of sp³-hybridized carbons (Fsp3) is 0.714. The summed E-state index contributed by atoms with van der Waals surface area (Å²) in [6.07, 6.45) is -2.31. The van der Waals surface area contributed by atoms with Crippen LogP contribution < -0.4 is 32.7 Å². The number of aliphatic hydroxyl groups is 4. The van der Waals surface area contributed by atoms with Crippen LogP contribution in [0.15, 0.2) is 23.7 Å². The van der Waals surface area contributed by atoms with Crippen molar-refractivity contribution in [3.63, 3.8) is 0 Å². The molecule has 2 aliphatic heterocycles. The molecule has 2 rings (SSSR count). The number of aliphatic carboxylic acids is 2. The van der Waals surface area contributed by atoms with Gasteiger partial charge in [0, 0.05) is 54.1 Å². The molecule has 0 fully saturated rings. The van der Waals surface area contributed by atoms with Gasteiger partial charge in [0.25, 0.3) is 0 Å². The van der Waals surface area contributed by atoms with Crippen LogP contribution in [0.2, 0.25) is 0 Å². The zero-order chi connectivity index (χ0) is 60.4. The van der Waals surface area contributed by atoms with Crippen molar-refractivity contribution in [1.29, 1.82) is 10.8 Å². The third kappa shape index (κ3) is 27.0. The fourth-order valence-electron chi connectivity index (χ4n) is 8.07. The standard InChI is InChI=1S/C49H83N11O21/c1-6-16-73-20-22-76-24-25-77-23-21-75-19-15-60(14-18-74-17-13-59(5)49(72)81-41(35(66)29-62)43-39(55-31(3)64)33(57-47(52)53)27-37(79-43)45(69)70)12-10-8-7-9-11-58(4)48(71)80-40(34(65)28-61)42-38(54-30(2)63)32(56-46(50)51)26-36(78-42)44(67)68/h1,26-27,32-35,38-43,61-62,65-66H,7-25,28-29H2,2-5H3,(H,54,63)(H,55,64)(H,67,68)(H,69,70)(H4,50,51,56)(H4,52,53,57)/t32-,33-,34+,35+,38+,39+,40+,41+,42+,43+/m0/s1. The molecular formula is C49H83N11O21. The Balaban J connectivity index is 2.03. The number of carbonyl (C=O) groups excluding carboxylic acids is 4. The summed E-state index contributed by atoms with van der Waals surface area (Å²) in [7, 11) is 2.82. The molecule has 0 aliphatic carbocycles. The van der Waals surface area contributed by atoms with E-state index in [4.69, 9.17) is 71.3 Å². The van der Waals surface area contributed by atoms with Crippen LogP contribution in [0.25, 0.3) is 0 Å². The van der Waals surface area contributed by atoms with Crippen LogP contribution in [-0.2, 0) is 61.8 Å². The number of carboxylic acids is 2. The summed E-state index contributed by atoms with van der Waals surface area (Å²) in [5.74, 6) is -4.42. The Morgan fingerprint density at radius 2 is 0.975 bits per heavy atom. The third-order valence-electron chi connectivity index (χ3n) is 12.0. The van der Waals surface area contributed by atoms with Gasteiger partial charge >= 0.3 is 24.1 Å². The number of nitrogens with one attached hydrogen (secondary N) is 6. The Morgan fingerprint density at radius 3 is 1.36 bits per heavy atom. The molecule has 0 spiro atoms. The summed E-state index contributed by atoms with van der Waals surface area (Å²) >= 11 is 0. The van der Waals surface area contributed by atoms with Gasteiger partial charge in [-0.1, -0.05) is 18.8 Å². The average molecular weight is 1160 g/mol. The highest BCUT2D eigenvalue weighted by molar-refractivity contribution is 5.86. The topological polar surface area (TPSA) is 464 Å². The number of terminal acetylenes is 1. The Kier molecular flexibility index (Phi) is 33.7. The lowest BCUT2D eigenvalue weighted by Gasteiger charge is -2.41. The van der Waals surface area contributed by atoms with Crippen molar-refractivity contribution in [2.75, 3.05) is 126 Å². The zero-order valence-electron chi connectivity index (χ0n) is 46.2. The van der Waals surface area contributed by atoms with E-state index in [9.17, 15) is 59.4 Å². The molecule has 0 radical (unpaired) electrons. The second kappa shape index (κ2) is 38.8. The van der Waals surface area contributed by atoms with Crippen LogP contribution in [0.4, 0.5) is 9.59 Å². The first-order chi connectivity index (χ1) is 38.5. The van der Waals surface area contributed by atoms with Crippen LogP contribution in [0, 0.1) is 23.2 Å². The summed E-state index contributed by atoms with van der Waals surface area (Å²) in [5, 5.41) is 86.4. The van der Waals surface area contributed by atoms with Crippen molar-refractivity contribution in [2.45, 2.75) is 100 Å². The minimum atomic E-state index is -1.82. The van der Waals surface area contributed by atoms with Gasteiger partial charge < -0.3 is 116 Å². The summed E-state index contributed by atoms with van der Waals surface area (Å²) in [6.45, 7) is 5.06. The van der Waals surface area contributed by atoms with E-state index in [2.05, 4.69) is 32.1 Å². The number of nitrogens with two attached hydrogens (primary N) is 2. The molecule has 0 bridgehead atoms. The normalized spacial score (nSPS) is 20.0. The van der Waals surface area contributed by atoms with E-state index >= 15 is 0 Å². The minimum Gasteiger partial charge on any atom is -0.477 e. The highest BCUT2D eigenvalue weighted by Crippen LogP contribution is 2.27. The first-order valence-corrected chi connectivity index (χ1v) is 26.0. The van der Waals surface area contributed by atoms with Crippen molar-refractivity contribution in [3.05, 3.63) is 23.7 Å². The quantitative estimate of drug-likeness (QED) is 0.0119. The van der Waals surface area contributed by atoms with Crippen molar-refractivity contribution >= 4 is 47.9 Å². The van der Waals surface area contributed by atoms with Crippen LogP contribution >= 0.6 is 0 Å². The SMILES string of the molecule is C#CCOCCOCCOCCOCCN(CCCCCCN(C)C(=O)O[C@@H]([C@@H]1OC(C(=O)O)=C[C@H](NC(=N)N)[C@H]1NC(C)=O)[C@H](O)CO)CCOCCN(C)C(=O)O[C@@H]([C@@H]1OC(C(=O)O)=C[C@H](NC(=N)N)[C@H]1NC(C)=O)[C@H](O)CO. The van der Waals surface area contributed by atoms with Crippen molar-refractivity contribution in [1.82, 2.24) is 36.0 Å². The van der Waals surface area contributed by atoms with Gasteiger partial charge in [-0.2, -0.15) is 0 Å². The molecule has 0 aromatic rings. The predicted octanol–water partition coefficient (Wildman–Crippen LogP) is -4.41. The molecule has 4 amide bonds. The van der Waals surface area contributed by atoms with E-state index in [1.165, 1.54) is 19.0 Å². The number of carbonyl (C=O) groups is 6. The smallest absolute Gasteiger partial charge is 0.410 e. The molecule has 32 nitrogen and oxygen atoms in total. The Labute approximate surface area is 469 Å². The van der Waals surface area contributed by atoms with Crippen LogP contribution in [0.3, 0.4) is 0 Å². The zero-order valence-corrected chi connectivity index (χ0v) is 46.2. The number of carboxylic acid groups (broad SMARTS) is 2. The number of amides is 4. The molecule has 81 heavy (non-hydrogen) atoms. The lowest BCUT2D eigenvalue weighted by molar-refractivity contribution is -0.148. The van der Waals surface area contributed by atoms with Gasteiger partial charge in [-0.15, -0.1) is 6.42 Å². The van der Waals surface area contributed by atoms with E-state index < -0.39 is 133 Å². The molecule has 0 saturated heterocycles. The lowest BCUT2D eigenvalue weighted by Crippen LogP contribution is -2.65. The maximum Gasteiger partial charge on any atom is 0.410 e. The van der Waals surface area contributed by atoms with Gasteiger partial charge in [0.2, 0.25) is 23.3 Å². The fourth-order valence-corrected chi connectivity index (χ4v) is 8.07. The Bertz CT molecular complexity index is 2100. The highest BCUT2D eigenvalue weighted by atomic mass is 16.6. The Hall–Kier alpha value is -6.80. The summed E-state index contributed by atoms with van der Waals surface area (Å²) < 4.78 is 50.2. The molecule has 2 aliphatic rings. The van der Waals surface area contributed by atoms with Crippen LogP contribution in [-0.4, -0.2) is 280 Å². The molecule has 10 atom stereocenters. The molecule has 16 N–H and O–H groups in total. The predicted molar refractivity (Wildman–Crippen MR) is 284 cm³/mol. The Morgan fingerprint density at radius 1 is 0.605 bits per heavy atom. The van der Waals surface area contributed by atoms with Gasteiger partial charge in [-0.25, -0.2) is 19.2 Å². The molecule has 460 valence electrons. The van der Waals surface area contributed by atoms with Crippen molar-refractivity contribution in [3.8, 4) is 12.3 Å². The van der Waals surface area contributed by atoms with Gasteiger partial charge in [0.05, 0.1) is 96.8 Å². The largest absolute Gasteiger partial charge is 0.477 e. The van der Waals surface area contributed by atoms with Crippen LogP contribution in [0.1, 0.15) is 39.5 Å². The number of unbranched alkanes of at least 4 members (excludes halogenated alkanes) is 3. The lowest BCUT2D eigenvalue weighted by atomic mass is 9.91. The van der Waals surface area contributed by atoms with Crippen LogP contribution in [0.5, 0.6) is 0 Å². The monoisotopic (exact) mass is 1160 g/mol. The first-order valence-electron chi connectivity index (χ1n) is 26.0. The molecule has 0 aromatic heterocycles. The maximum absolute atomic E-state index is 13.4.